The van der Waals surface area contributed by atoms with E-state index in [0.29, 0.717) is 0 Å². The predicted molar refractivity (Wildman–Crippen MR) is 72.1 cm³/mol. The summed E-state index contributed by atoms with van der Waals surface area (Å²) < 4.78 is 0. The lowest BCUT2D eigenvalue weighted by Crippen LogP contribution is -2.25. The number of H-pyrrole nitrogens is 1. The molecule has 1 aliphatic rings. The molecule has 0 spiro atoms. The van der Waals surface area contributed by atoms with Gasteiger partial charge in [-0.25, -0.2) is 0 Å². The smallest absolute Gasteiger partial charge is 0.0487 e. The van der Waals surface area contributed by atoms with Crippen molar-refractivity contribution in [1.29, 1.82) is 0 Å². The highest BCUT2D eigenvalue weighted by Gasteiger charge is 2.14. The van der Waals surface area contributed by atoms with E-state index in [1.54, 1.807) is 0 Å². The maximum absolute atomic E-state index is 3.68. The molecule has 1 fully saturated rings. The minimum absolute atomic E-state index is 0.741. The molecule has 1 heterocycles. The summed E-state index contributed by atoms with van der Waals surface area (Å²) in [5.41, 5.74) is 4.01. The number of hydrogen-bond acceptors (Lipinski definition) is 1. The molecule has 2 heteroatoms. The van der Waals surface area contributed by atoms with Gasteiger partial charge in [-0.05, 0) is 30.9 Å². The van der Waals surface area contributed by atoms with Crippen LogP contribution in [0.3, 0.4) is 0 Å². The summed E-state index contributed by atoms with van der Waals surface area (Å²) in [6.07, 6.45) is 7.64. The fourth-order valence-corrected chi connectivity index (χ4v) is 2.89. The first-order valence-corrected chi connectivity index (χ1v) is 6.63. The first-order chi connectivity index (χ1) is 8.34. The third-order valence-electron chi connectivity index (χ3n) is 3.95. The molecule has 3 rings (SSSR count). The fourth-order valence-electron chi connectivity index (χ4n) is 2.89. The number of aryl methyl sites for hydroxylation is 1. The standard InChI is InChI=1S/C15H20N2/c1-11-5-4-8-14-12(10-17-15(11)14)9-16-13-6-2-3-7-13/h4-5,8,10,13,16-17H,2-3,6-7,9H2,1H3. The maximum atomic E-state index is 3.68. The van der Waals surface area contributed by atoms with Crippen LogP contribution < -0.4 is 5.32 Å². The van der Waals surface area contributed by atoms with E-state index in [1.807, 2.05) is 0 Å². The average molecular weight is 228 g/mol. The largest absolute Gasteiger partial charge is 0.361 e. The molecule has 0 amide bonds. The summed E-state index contributed by atoms with van der Waals surface area (Å²) in [5.74, 6) is 0. The number of fused-ring (bicyclic) bond motifs is 1. The summed E-state index contributed by atoms with van der Waals surface area (Å²) in [6, 6.07) is 7.26. The lowest BCUT2D eigenvalue weighted by atomic mass is 10.1. The molecule has 0 aliphatic heterocycles. The third-order valence-corrected chi connectivity index (χ3v) is 3.95. The number of nitrogens with one attached hydrogen (secondary N) is 2. The molecule has 1 saturated carbocycles. The Morgan fingerprint density at radius 1 is 1.29 bits per heavy atom. The van der Waals surface area contributed by atoms with Crippen LogP contribution in [0, 0.1) is 6.92 Å². The van der Waals surface area contributed by atoms with Crippen molar-refractivity contribution in [2.24, 2.45) is 0 Å². The van der Waals surface area contributed by atoms with Gasteiger partial charge in [0.1, 0.15) is 0 Å². The van der Waals surface area contributed by atoms with Crippen molar-refractivity contribution in [3.05, 3.63) is 35.5 Å². The number of para-hydroxylation sites is 1. The van der Waals surface area contributed by atoms with Crippen LogP contribution in [0.15, 0.2) is 24.4 Å². The van der Waals surface area contributed by atoms with E-state index in [2.05, 4.69) is 41.6 Å². The van der Waals surface area contributed by atoms with Gasteiger partial charge in [-0.2, -0.15) is 0 Å². The third kappa shape index (κ3) is 2.09. The summed E-state index contributed by atoms with van der Waals surface area (Å²) in [4.78, 5) is 3.39. The van der Waals surface area contributed by atoms with Crippen LogP contribution in [-0.2, 0) is 6.54 Å². The van der Waals surface area contributed by atoms with Crippen LogP contribution in [0.25, 0.3) is 10.9 Å². The molecule has 2 aromatic rings. The Balaban J connectivity index is 1.78. The van der Waals surface area contributed by atoms with Crippen molar-refractivity contribution < 1.29 is 0 Å². The highest BCUT2D eigenvalue weighted by atomic mass is 14.9. The lowest BCUT2D eigenvalue weighted by molar-refractivity contribution is 0.525. The molecular weight excluding hydrogens is 208 g/mol. The van der Waals surface area contributed by atoms with Crippen LogP contribution >= 0.6 is 0 Å². The van der Waals surface area contributed by atoms with E-state index in [9.17, 15) is 0 Å². The van der Waals surface area contributed by atoms with E-state index in [1.165, 1.54) is 47.7 Å². The zero-order valence-corrected chi connectivity index (χ0v) is 10.4. The number of hydrogen-bond donors (Lipinski definition) is 2. The Morgan fingerprint density at radius 3 is 2.94 bits per heavy atom. The molecule has 0 bridgehead atoms. The minimum Gasteiger partial charge on any atom is -0.361 e. The zero-order valence-electron chi connectivity index (χ0n) is 10.4. The van der Waals surface area contributed by atoms with Gasteiger partial charge in [-0.3, -0.25) is 0 Å². The van der Waals surface area contributed by atoms with Crippen LogP contribution in [0.5, 0.6) is 0 Å². The Hall–Kier alpha value is -1.28. The quantitative estimate of drug-likeness (QED) is 0.826. The second kappa shape index (κ2) is 4.53. The number of benzene rings is 1. The van der Waals surface area contributed by atoms with Crippen LogP contribution in [0.1, 0.15) is 36.8 Å². The number of aromatic amines is 1. The molecule has 90 valence electrons. The Labute approximate surface area is 102 Å². The van der Waals surface area contributed by atoms with Gasteiger partial charge in [0.2, 0.25) is 0 Å². The average Bonchev–Trinajstić information content (AvgIpc) is 2.95. The first-order valence-electron chi connectivity index (χ1n) is 6.63. The van der Waals surface area contributed by atoms with E-state index in [4.69, 9.17) is 0 Å². The highest BCUT2D eigenvalue weighted by Crippen LogP contribution is 2.22. The summed E-state index contributed by atoms with van der Waals surface area (Å²) in [6.45, 7) is 3.15. The van der Waals surface area contributed by atoms with Gasteiger partial charge in [0.25, 0.3) is 0 Å². The van der Waals surface area contributed by atoms with E-state index in [0.717, 1.165) is 12.6 Å². The molecule has 1 aliphatic carbocycles. The molecule has 17 heavy (non-hydrogen) atoms. The SMILES string of the molecule is Cc1cccc2c(CNC3CCCC3)c[nH]c12. The summed E-state index contributed by atoms with van der Waals surface area (Å²) in [5, 5.41) is 5.05. The molecule has 1 aromatic heterocycles. The van der Waals surface area contributed by atoms with E-state index in [-0.39, 0.29) is 0 Å². The lowest BCUT2D eigenvalue weighted by Gasteiger charge is -2.10. The Kier molecular flexibility index (Phi) is 2.89. The fraction of sp³-hybridized carbons (Fsp3) is 0.467. The van der Waals surface area contributed by atoms with Gasteiger partial charge >= 0.3 is 0 Å². The van der Waals surface area contributed by atoms with Crippen molar-refractivity contribution in [2.45, 2.75) is 45.2 Å². The molecule has 0 unspecified atom stereocenters. The highest BCUT2D eigenvalue weighted by molar-refractivity contribution is 5.85. The van der Waals surface area contributed by atoms with Crippen molar-refractivity contribution in [2.75, 3.05) is 0 Å². The molecule has 1 aromatic carbocycles. The van der Waals surface area contributed by atoms with Crippen molar-refractivity contribution in [1.82, 2.24) is 10.3 Å². The van der Waals surface area contributed by atoms with E-state index < -0.39 is 0 Å². The molecular formula is C15H20N2. The van der Waals surface area contributed by atoms with Crippen molar-refractivity contribution in [3.63, 3.8) is 0 Å². The zero-order chi connectivity index (χ0) is 11.7. The monoisotopic (exact) mass is 228 g/mol. The van der Waals surface area contributed by atoms with Crippen LogP contribution in [-0.4, -0.2) is 11.0 Å². The Bertz CT molecular complexity index is 507. The van der Waals surface area contributed by atoms with Gasteiger partial charge < -0.3 is 10.3 Å². The molecule has 2 nitrogen and oxygen atoms in total. The second-order valence-corrected chi connectivity index (χ2v) is 5.17. The van der Waals surface area contributed by atoms with E-state index >= 15 is 0 Å². The summed E-state index contributed by atoms with van der Waals surface area (Å²) in [7, 11) is 0. The molecule has 0 atom stereocenters. The number of rotatable bonds is 3. The normalized spacial score (nSPS) is 17.0. The minimum atomic E-state index is 0.741. The topological polar surface area (TPSA) is 27.8 Å². The van der Waals surface area contributed by atoms with Gasteiger partial charge in [0.05, 0.1) is 0 Å². The van der Waals surface area contributed by atoms with Gasteiger partial charge in [0, 0.05) is 29.7 Å². The molecule has 0 radical (unpaired) electrons. The van der Waals surface area contributed by atoms with Crippen molar-refractivity contribution >= 4 is 10.9 Å². The number of aromatic nitrogens is 1. The van der Waals surface area contributed by atoms with Crippen LogP contribution in [0.4, 0.5) is 0 Å². The van der Waals surface area contributed by atoms with Crippen molar-refractivity contribution in [3.8, 4) is 0 Å². The van der Waals surface area contributed by atoms with Gasteiger partial charge in [0.15, 0.2) is 0 Å². The maximum Gasteiger partial charge on any atom is 0.0487 e. The van der Waals surface area contributed by atoms with Gasteiger partial charge in [-0.1, -0.05) is 31.0 Å². The van der Waals surface area contributed by atoms with Gasteiger partial charge in [-0.15, -0.1) is 0 Å². The predicted octanol–water partition coefficient (Wildman–Crippen LogP) is 3.51. The first kappa shape index (κ1) is 10.8. The second-order valence-electron chi connectivity index (χ2n) is 5.17. The summed E-state index contributed by atoms with van der Waals surface area (Å²) >= 11 is 0. The van der Waals surface area contributed by atoms with Crippen LogP contribution in [0.2, 0.25) is 0 Å². The molecule has 0 saturated heterocycles. The molecule has 2 N–H and O–H groups in total. The Morgan fingerprint density at radius 2 is 2.12 bits per heavy atom.